The molecule has 2 rings (SSSR count). The van der Waals surface area contributed by atoms with Crippen molar-refractivity contribution in [2.45, 2.75) is 38.9 Å². The molecule has 2 heterocycles. The first-order chi connectivity index (χ1) is 9.69. The number of nitrogens with two attached hydrogens (primary N) is 1. The van der Waals surface area contributed by atoms with E-state index < -0.39 is 0 Å². The normalized spacial score (nSPS) is 12.3. The number of carbonyl (C=O) groups excluding carboxylic acids is 1. The van der Waals surface area contributed by atoms with E-state index in [2.05, 4.69) is 12.1 Å². The van der Waals surface area contributed by atoms with Crippen molar-refractivity contribution in [3.05, 3.63) is 44.8 Å². The van der Waals surface area contributed by atoms with E-state index in [1.54, 1.807) is 22.7 Å². The molecule has 1 amide bonds. The van der Waals surface area contributed by atoms with Crippen molar-refractivity contribution in [2.24, 2.45) is 5.73 Å². The number of carbonyl (C=O) groups is 1. The second-order valence-corrected chi connectivity index (χ2v) is 6.85. The highest BCUT2D eigenvalue weighted by atomic mass is 32.1. The number of thiophene rings is 2. The van der Waals surface area contributed by atoms with Crippen molar-refractivity contribution >= 4 is 28.6 Å². The summed E-state index contributed by atoms with van der Waals surface area (Å²) in [5, 5.41) is 4.09. The van der Waals surface area contributed by atoms with Gasteiger partial charge in [-0.25, -0.2) is 0 Å². The molecule has 2 N–H and O–H groups in total. The van der Waals surface area contributed by atoms with Gasteiger partial charge in [0.05, 0.1) is 13.1 Å². The number of amides is 1. The van der Waals surface area contributed by atoms with Gasteiger partial charge in [-0.3, -0.25) is 4.79 Å². The molecule has 0 aliphatic rings. The monoisotopic (exact) mass is 308 g/mol. The Morgan fingerprint density at radius 3 is 2.15 bits per heavy atom. The second kappa shape index (κ2) is 7.57. The zero-order valence-corrected chi connectivity index (χ0v) is 13.3. The molecule has 0 radical (unpaired) electrons. The molecule has 0 saturated heterocycles. The van der Waals surface area contributed by atoms with Crippen LogP contribution in [0.25, 0.3) is 0 Å². The van der Waals surface area contributed by atoms with Gasteiger partial charge >= 0.3 is 0 Å². The van der Waals surface area contributed by atoms with Crippen LogP contribution in [0.3, 0.4) is 0 Å². The lowest BCUT2D eigenvalue weighted by Gasteiger charge is -2.23. The van der Waals surface area contributed by atoms with E-state index in [4.69, 9.17) is 5.73 Å². The van der Waals surface area contributed by atoms with Gasteiger partial charge in [-0.1, -0.05) is 19.1 Å². The van der Waals surface area contributed by atoms with E-state index in [0.29, 0.717) is 19.5 Å². The van der Waals surface area contributed by atoms with Crippen LogP contribution in [0.5, 0.6) is 0 Å². The van der Waals surface area contributed by atoms with Crippen LogP contribution in [0.1, 0.15) is 29.5 Å². The third kappa shape index (κ3) is 4.44. The molecule has 3 nitrogen and oxygen atoms in total. The maximum Gasteiger partial charge on any atom is 0.224 e. The van der Waals surface area contributed by atoms with Crippen molar-refractivity contribution < 1.29 is 4.79 Å². The Morgan fingerprint density at radius 2 is 1.75 bits per heavy atom. The van der Waals surface area contributed by atoms with Gasteiger partial charge in [0.2, 0.25) is 5.91 Å². The van der Waals surface area contributed by atoms with Crippen LogP contribution in [0.4, 0.5) is 0 Å². The van der Waals surface area contributed by atoms with Crippen molar-refractivity contribution in [1.82, 2.24) is 4.90 Å². The highest BCUT2D eigenvalue weighted by Gasteiger charge is 2.17. The van der Waals surface area contributed by atoms with Crippen molar-refractivity contribution in [1.29, 1.82) is 0 Å². The Labute approximate surface area is 128 Å². The Morgan fingerprint density at radius 1 is 1.20 bits per heavy atom. The van der Waals surface area contributed by atoms with Crippen LogP contribution < -0.4 is 5.73 Å². The molecule has 20 heavy (non-hydrogen) atoms. The molecule has 0 bridgehead atoms. The van der Waals surface area contributed by atoms with Gasteiger partial charge in [-0.15, -0.1) is 22.7 Å². The first kappa shape index (κ1) is 15.2. The average Bonchev–Trinajstić information content (AvgIpc) is 3.11. The first-order valence-corrected chi connectivity index (χ1v) is 8.53. The standard InChI is InChI=1S/C15H20N2OS2/c1-2-12(16)9-15(18)17(10-13-5-3-7-19-13)11-14-6-4-8-20-14/h3-8,12H,2,9-11,16H2,1H3. The van der Waals surface area contributed by atoms with Crippen LogP contribution in [-0.2, 0) is 17.9 Å². The zero-order valence-electron chi connectivity index (χ0n) is 11.6. The summed E-state index contributed by atoms with van der Waals surface area (Å²) in [4.78, 5) is 16.7. The van der Waals surface area contributed by atoms with Gasteiger partial charge < -0.3 is 10.6 Å². The molecule has 2 aromatic heterocycles. The maximum atomic E-state index is 12.4. The largest absolute Gasteiger partial charge is 0.332 e. The van der Waals surface area contributed by atoms with E-state index in [1.165, 1.54) is 9.75 Å². The summed E-state index contributed by atoms with van der Waals surface area (Å²) in [5.41, 5.74) is 5.92. The number of hydrogen-bond donors (Lipinski definition) is 1. The minimum Gasteiger partial charge on any atom is -0.332 e. The van der Waals surface area contributed by atoms with Crippen LogP contribution in [0.2, 0.25) is 0 Å². The van der Waals surface area contributed by atoms with Crippen molar-refractivity contribution in [3.8, 4) is 0 Å². The van der Waals surface area contributed by atoms with Crippen LogP contribution in [0.15, 0.2) is 35.0 Å². The van der Waals surface area contributed by atoms with Crippen LogP contribution in [-0.4, -0.2) is 16.8 Å². The third-order valence-electron chi connectivity index (χ3n) is 3.17. The minimum absolute atomic E-state index is 0.0447. The minimum atomic E-state index is -0.0447. The molecule has 1 atom stereocenters. The molecule has 2 aromatic rings. The van der Waals surface area contributed by atoms with Gasteiger partial charge in [0, 0.05) is 22.2 Å². The quantitative estimate of drug-likeness (QED) is 0.851. The number of rotatable bonds is 7. The molecule has 0 saturated carbocycles. The van der Waals surface area contributed by atoms with Crippen LogP contribution in [0, 0.1) is 0 Å². The second-order valence-electron chi connectivity index (χ2n) is 4.78. The van der Waals surface area contributed by atoms with E-state index in [0.717, 1.165) is 6.42 Å². The molecule has 0 fully saturated rings. The predicted molar refractivity (Wildman–Crippen MR) is 85.8 cm³/mol. The summed E-state index contributed by atoms with van der Waals surface area (Å²) in [6.45, 7) is 3.36. The Hall–Kier alpha value is -1.17. The van der Waals surface area contributed by atoms with Gasteiger partial charge in [0.1, 0.15) is 0 Å². The molecule has 0 aliphatic heterocycles. The Kier molecular flexibility index (Phi) is 5.76. The van der Waals surface area contributed by atoms with E-state index in [1.807, 2.05) is 34.7 Å². The molecular formula is C15H20N2OS2. The first-order valence-electron chi connectivity index (χ1n) is 6.77. The third-order valence-corrected chi connectivity index (χ3v) is 4.89. The molecule has 5 heteroatoms. The molecule has 0 aromatic carbocycles. The number of nitrogens with zero attached hydrogens (tertiary/aromatic N) is 1. The fraction of sp³-hybridized carbons (Fsp3) is 0.400. The summed E-state index contributed by atoms with van der Waals surface area (Å²) < 4.78 is 0. The predicted octanol–water partition coefficient (Wildman–Crippen LogP) is 3.47. The van der Waals surface area contributed by atoms with Gasteiger partial charge in [-0.2, -0.15) is 0 Å². The fourth-order valence-corrected chi connectivity index (χ4v) is 3.35. The van der Waals surface area contributed by atoms with E-state index >= 15 is 0 Å². The average molecular weight is 308 g/mol. The Balaban J connectivity index is 2.04. The van der Waals surface area contributed by atoms with Gasteiger partial charge in [0.25, 0.3) is 0 Å². The molecule has 1 unspecified atom stereocenters. The smallest absolute Gasteiger partial charge is 0.224 e. The summed E-state index contributed by atoms with van der Waals surface area (Å²) in [5.74, 6) is 0.140. The lowest BCUT2D eigenvalue weighted by molar-refractivity contribution is -0.132. The molecule has 0 aliphatic carbocycles. The summed E-state index contributed by atoms with van der Waals surface area (Å²) >= 11 is 3.37. The SMILES string of the molecule is CCC(N)CC(=O)N(Cc1cccs1)Cc1cccs1. The highest BCUT2D eigenvalue weighted by Crippen LogP contribution is 2.18. The molecule has 0 spiro atoms. The highest BCUT2D eigenvalue weighted by molar-refractivity contribution is 7.10. The topological polar surface area (TPSA) is 46.3 Å². The maximum absolute atomic E-state index is 12.4. The lowest BCUT2D eigenvalue weighted by atomic mass is 10.1. The molecular weight excluding hydrogens is 288 g/mol. The van der Waals surface area contributed by atoms with E-state index in [9.17, 15) is 4.79 Å². The van der Waals surface area contributed by atoms with Crippen LogP contribution >= 0.6 is 22.7 Å². The summed E-state index contributed by atoms with van der Waals surface area (Å²) in [6.07, 6.45) is 1.25. The van der Waals surface area contributed by atoms with E-state index in [-0.39, 0.29) is 11.9 Å². The zero-order chi connectivity index (χ0) is 14.4. The van der Waals surface area contributed by atoms with Gasteiger partial charge in [-0.05, 0) is 29.3 Å². The fourth-order valence-electron chi connectivity index (χ4n) is 1.91. The Bertz CT molecular complexity index is 472. The van der Waals surface area contributed by atoms with Crippen molar-refractivity contribution in [2.75, 3.05) is 0 Å². The summed E-state index contributed by atoms with van der Waals surface area (Å²) in [6, 6.07) is 8.13. The summed E-state index contributed by atoms with van der Waals surface area (Å²) in [7, 11) is 0. The van der Waals surface area contributed by atoms with Gasteiger partial charge in [0.15, 0.2) is 0 Å². The van der Waals surface area contributed by atoms with Crippen molar-refractivity contribution in [3.63, 3.8) is 0 Å². The number of hydrogen-bond acceptors (Lipinski definition) is 4. The lowest BCUT2D eigenvalue weighted by Crippen LogP contribution is -2.34. The molecule has 108 valence electrons.